The second-order valence-electron chi connectivity index (χ2n) is 5.95. The van der Waals surface area contributed by atoms with Crippen LogP contribution in [0.5, 0.6) is 0 Å². The van der Waals surface area contributed by atoms with Gasteiger partial charge in [-0.2, -0.15) is 0 Å². The van der Waals surface area contributed by atoms with Gasteiger partial charge in [-0.15, -0.1) is 10.2 Å². The molecule has 1 amide bonds. The van der Waals surface area contributed by atoms with Gasteiger partial charge in [0.1, 0.15) is 0 Å². The highest BCUT2D eigenvalue weighted by Gasteiger charge is 2.34. The van der Waals surface area contributed by atoms with E-state index in [9.17, 15) is 13.2 Å². The van der Waals surface area contributed by atoms with Gasteiger partial charge in [0.15, 0.2) is 20.6 Å². The average Bonchev–Trinajstić information content (AvgIpc) is 3.09. The van der Waals surface area contributed by atoms with E-state index in [0.29, 0.717) is 27.3 Å². The first-order valence-corrected chi connectivity index (χ1v) is 11.0. The van der Waals surface area contributed by atoms with E-state index < -0.39 is 15.1 Å². The third-order valence-corrected chi connectivity index (χ3v) is 7.41. The number of sulfone groups is 1. The van der Waals surface area contributed by atoms with Crippen molar-refractivity contribution in [2.45, 2.75) is 29.8 Å². The van der Waals surface area contributed by atoms with Crippen LogP contribution in [-0.4, -0.2) is 63.7 Å². The maximum atomic E-state index is 12.6. The van der Waals surface area contributed by atoms with Crippen molar-refractivity contribution in [3.63, 3.8) is 0 Å². The molecule has 1 saturated heterocycles. The van der Waals surface area contributed by atoms with Gasteiger partial charge < -0.3 is 4.90 Å². The van der Waals surface area contributed by atoms with Gasteiger partial charge in [-0.1, -0.05) is 35.0 Å². The predicted octanol–water partition coefficient (Wildman–Crippen LogP) is 2.16. The van der Waals surface area contributed by atoms with Gasteiger partial charge in [0.2, 0.25) is 5.91 Å². The lowest BCUT2D eigenvalue weighted by atomic mass is 10.2. The van der Waals surface area contributed by atoms with Crippen LogP contribution in [0.15, 0.2) is 17.4 Å². The topological polar surface area (TPSA) is 84.6 Å². The summed E-state index contributed by atoms with van der Waals surface area (Å²) in [5.41, 5.74) is 0.462. The molecule has 2 atom stereocenters. The van der Waals surface area contributed by atoms with E-state index in [0.717, 1.165) is 0 Å². The third-order valence-electron chi connectivity index (χ3n) is 4.13. The van der Waals surface area contributed by atoms with E-state index >= 15 is 0 Å². The molecule has 0 N–H and O–H groups in total. The second-order valence-corrected chi connectivity index (χ2v) is 10.3. The Morgan fingerprint density at radius 1 is 1.44 bits per heavy atom. The van der Waals surface area contributed by atoms with Crippen molar-refractivity contribution in [1.29, 1.82) is 0 Å². The Bertz CT molecular complexity index is 932. The molecule has 0 aliphatic carbocycles. The summed E-state index contributed by atoms with van der Waals surface area (Å²) in [7, 11) is -1.41. The van der Waals surface area contributed by atoms with Crippen molar-refractivity contribution in [3.8, 4) is 0 Å². The minimum Gasteiger partial charge on any atom is -0.341 e. The highest BCUT2D eigenvalue weighted by Crippen LogP contribution is 2.28. The highest BCUT2D eigenvalue weighted by atomic mass is 35.5. The SMILES string of the molecule is C[C@H](Sc1nnc2c(Cl)cc(Cl)cn12)C(=O)N(C)[C@H]1CCS(=O)(=O)C1. The number of amides is 1. The van der Waals surface area contributed by atoms with Crippen LogP contribution in [0.2, 0.25) is 10.0 Å². The number of rotatable bonds is 4. The number of hydrogen-bond acceptors (Lipinski definition) is 6. The molecular formula is C14H16Cl2N4O3S2. The largest absolute Gasteiger partial charge is 0.341 e. The summed E-state index contributed by atoms with van der Waals surface area (Å²) in [6.45, 7) is 1.75. The Hall–Kier alpha value is -1.03. The maximum absolute atomic E-state index is 12.6. The minimum atomic E-state index is -3.04. The Morgan fingerprint density at radius 2 is 2.16 bits per heavy atom. The summed E-state index contributed by atoms with van der Waals surface area (Å²) in [6.07, 6.45) is 2.11. The summed E-state index contributed by atoms with van der Waals surface area (Å²) in [5.74, 6) is -0.00843. The lowest BCUT2D eigenvalue weighted by Crippen LogP contribution is -2.41. The number of carbonyl (C=O) groups excluding carboxylic acids is 1. The summed E-state index contributed by atoms with van der Waals surface area (Å²) < 4.78 is 24.9. The summed E-state index contributed by atoms with van der Waals surface area (Å²) in [6, 6.07) is 1.30. The second kappa shape index (κ2) is 6.94. The van der Waals surface area contributed by atoms with Crippen molar-refractivity contribution in [1.82, 2.24) is 19.5 Å². The molecule has 7 nitrogen and oxygen atoms in total. The van der Waals surface area contributed by atoms with Crippen LogP contribution < -0.4 is 0 Å². The quantitative estimate of drug-likeness (QED) is 0.701. The first kappa shape index (κ1) is 18.8. The third kappa shape index (κ3) is 3.89. The fourth-order valence-electron chi connectivity index (χ4n) is 2.74. The van der Waals surface area contributed by atoms with Gasteiger partial charge in [0, 0.05) is 19.3 Å². The number of thioether (sulfide) groups is 1. The molecule has 1 fully saturated rings. The summed E-state index contributed by atoms with van der Waals surface area (Å²) in [4.78, 5) is 14.2. The van der Waals surface area contributed by atoms with Crippen molar-refractivity contribution in [3.05, 3.63) is 22.3 Å². The smallest absolute Gasteiger partial charge is 0.235 e. The van der Waals surface area contributed by atoms with E-state index in [1.165, 1.54) is 16.7 Å². The molecule has 3 heterocycles. The zero-order valence-corrected chi connectivity index (χ0v) is 16.7. The number of fused-ring (bicyclic) bond motifs is 1. The molecule has 0 radical (unpaired) electrons. The first-order chi connectivity index (χ1) is 11.7. The molecular weight excluding hydrogens is 407 g/mol. The molecule has 2 aromatic rings. The molecule has 0 saturated carbocycles. The number of nitrogens with zero attached hydrogens (tertiary/aromatic N) is 4. The Balaban J connectivity index is 1.76. The molecule has 1 aliphatic rings. The van der Waals surface area contributed by atoms with Crippen LogP contribution in [0.1, 0.15) is 13.3 Å². The van der Waals surface area contributed by atoms with E-state index in [1.807, 2.05) is 0 Å². The summed E-state index contributed by atoms with van der Waals surface area (Å²) in [5, 5.41) is 8.92. The molecule has 0 spiro atoms. The number of halogens is 2. The maximum Gasteiger partial charge on any atom is 0.235 e. The number of pyridine rings is 1. The van der Waals surface area contributed by atoms with Crippen molar-refractivity contribution < 1.29 is 13.2 Å². The van der Waals surface area contributed by atoms with E-state index in [-0.39, 0.29) is 23.5 Å². The van der Waals surface area contributed by atoms with Crippen molar-refractivity contribution in [2.24, 2.45) is 0 Å². The van der Waals surface area contributed by atoms with Crippen molar-refractivity contribution >= 4 is 56.4 Å². The van der Waals surface area contributed by atoms with Gasteiger partial charge >= 0.3 is 0 Å². The Labute approximate surface area is 159 Å². The van der Waals surface area contributed by atoms with E-state index in [2.05, 4.69) is 10.2 Å². The van der Waals surface area contributed by atoms with Crippen molar-refractivity contribution in [2.75, 3.05) is 18.6 Å². The average molecular weight is 423 g/mol. The molecule has 0 aromatic carbocycles. The molecule has 2 aromatic heterocycles. The van der Waals surface area contributed by atoms with E-state index in [1.54, 1.807) is 30.6 Å². The number of hydrogen-bond donors (Lipinski definition) is 0. The van der Waals surface area contributed by atoms with Gasteiger partial charge in [0.25, 0.3) is 0 Å². The fourth-order valence-corrected chi connectivity index (χ4v) is 5.95. The Kier molecular flexibility index (Phi) is 5.21. The Morgan fingerprint density at radius 3 is 2.80 bits per heavy atom. The lowest BCUT2D eigenvalue weighted by Gasteiger charge is -2.26. The molecule has 11 heteroatoms. The van der Waals surface area contributed by atoms with Crippen LogP contribution in [-0.2, 0) is 14.6 Å². The molecule has 0 bridgehead atoms. The monoisotopic (exact) mass is 422 g/mol. The highest BCUT2D eigenvalue weighted by molar-refractivity contribution is 8.00. The molecule has 136 valence electrons. The van der Waals surface area contributed by atoms with E-state index in [4.69, 9.17) is 23.2 Å². The zero-order chi connectivity index (χ0) is 18.4. The molecule has 0 unspecified atom stereocenters. The van der Waals surface area contributed by atoms with Crippen LogP contribution in [0, 0.1) is 0 Å². The predicted molar refractivity (Wildman–Crippen MR) is 98.2 cm³/mol. The first-order valence-electron chi connectivity index (χ1n) is 7.51. The van der Waals surface area contributed by atoms with Crippen LogP contribution in [0.25, 0.3) is 5.65 Å². The zero-order valence-electron chi connectivity index (χ0n) is 13.5. The van der Waals surface area contributed by atoms with Crippen LogP contribution in [0.4, 0.5) is 0 Å². The fraction of sp³-hybridized carbons (Fsp3) is 0.500. The number of carbonyl (C=O) groups is 1. The number of aromatic nitrogens is 3. The summed E-state index contributed by atoms with van der Waals surface area (Å²) >= 11 is 13.3. The van der Waals surface area contributed by atoms with Gasteiger partial charge in [-0.05, 0) is 19.4 Å². The van der Waals surface area contributed by atoms with Gasteiger partial charge in [-0.3, -0.25) is 9.20 Å². The molecule has 25 heavy (non-hydrogen) atoms. The lowest BCUT2D eigenvalue weighted by molar-refractivity contribution is -0.130. The van der Waals surface area contributed by atoms with Crippen LogP contribution >= 0.6 is 35.0 Å². The van der Waals surface area contributed by atoms with Gasteiger partial charge in [-0.25, -0.2) is 8.42 Å². The molecule has 3 rings (SSSR count). The normalized spacial score (nSPS) is 20.7. The standard InChI is InChI=1S/C14H16Cl2N4O3S2/c1-8(13(21)19(2)10-3-4-25(22,23)7-10)24-14-18-17-12-11(16)5-9(15)6-20(12)14/h5-6,8,10H,3-4,7H2,1-2H3/t8-,10-/m0/s1. The van der Waals surface area contributed by atoms with Crippen LogP contribution in [0.3, 0.4) is 0 Å². The minimum absolute atomic E-state index is 0.0195. The van der Waals surface area contributed by atoms with Gasteiger partial charge in [0.05, 0.1) is 26.8 Å². The molecule has 1 aliphatic heterocycles.